The van der Waals surface area contributed by atoms with Crippen LogP contribution in [0.2, 0.25) is 0 Å². The molecule has 30 heavy (non-hydrogen) atoms. The summed E-state index contributed by atoms with van der Waals surface area (Å²) in [7, 11) is -2.15. The van der Waals surface area contributed by atoms with Crippen LogP contribution in [0.5, 0.6) is 5.75 Å². The molecule has 0 atom stereocenters. The molecule has 0 aliphatic rings. The van der Waals surface area contributed by atoms with Gasteiger partial charge in [0.2, 0.25) is 0 Å². The molecule has 0 amide bonds. The smallest absolute Gasteiger partial charge is 0.261 e. The quantitative estimate of drug-likeness (QED) is 0.471. The van der Waals surface area contributed by atoms with Crippen LogP contribution in [-0.2, 0) is 10.0 Å². The third-order valence-electron chi connectivity index (χ3n) is 4.41. The SMILES string of the molecule is COc1ccc(NS(=O)(=O)c2ccc(NC(=S)Nc3cc(C)ccc3C)cc2)cc1. The fourth-order valence-corrected chi connectivity index (χ4v) is 4.03. The zero-order valence-corrected chi connectivity index (χ0v) is 18.5. The molecule has 0 unspecified atom stereocenters. The first-order chi connectivity index (χ1) is 14.3. The summed E-state index contributed by atoms with van der Waals surface area (Å²) < 4.78 is 32.8. The summed E-state index contributed by atoms with van der Waals surface area (Å²) in [5.41, 5.74) is 4.27. The highest BCUT2D eigenvalue weighted by molar-refractivity contribution is 7.92. The first-order valence-electron chi connectivity index (χ1n) is 9.19. The fraction of sp³-hybridized carbons (Fsp3) is 0.136. The number of benzene rings is 3. The van der Waals surface area contributed by atoms with Gasteiger partial charge in [-0.15, -0.1) is 0 Å². The topological polar surface area (TPSA) is 79.5 Å². The predicted octanol–water partition coefficient (Wildman–Crippen LogP) is 4.92. The lowest BCUT2D eigenvalue weighted by molar-refractivity contribution is 0.415. The van der Waals surface area contributed by atoms with Gasteiger partial charge in [0.1, 0.15) is 5.75 Å². The second-order valence-corrected chi connectivity index (χ2v) is 8.85. The molecule has 0 fully saturated rings. The molecule has 8 heteroatoms. The van der Waals surface area contributed by atoms with Gasteiger partial charge in [0.25, 0.3) is 10.0 Å². The van der Waals surface area contributed by atoms with Gasteiger partial charge >= 0.3 is 0 Å². The fourth-order valence-electron chi connectivity index (χ4n) is 2.75. The Labute approximate surface area is 182 Å². The van der Waals surface area contributed by atoms with Crippen molar-refractivity contribution in [3.8, 4) is 5.75 Å². The Morgan fingerprint density at radius 3 is 2.13 bits per heavy atom. The van der Waals surface area contributed by atoms with Gasteiger partial charge in [-0.1, -0.05) is 12.1 Å². The minimum Gasteiger partial charge on any atom is -0.497 e. The molecule has 0 heterocycles. The number of ether oxygens (including phenoxy) is 1. The number of nitrogens with one attached hydrogen (secondary N) is 3. The van der Waals surface area contributed by atoms with Crippen molar-refractivity contribution in [1.82, 2.24) is 0 Å². The second-order valence-electron chi connectivity index (χ2n) is 6.76. The average molecular weight is 442 g/mol. The lowest BCUT2D eigenvalue weighted by atomic mass is 10.1. The van der Waals surface area contributed by atoms with E-state index in [1.807, 2.05) is 32.0 Å². The molecule has 0 radical (unpaired) electrons. The van der Waals surface area contributed by atoms with Crippen LogP contribution in [0.25, 0.3) is 0 Å². The maximum Gasteiger partial charge on any atom is 0.261 e. The van der Waals surface area contributed by atoms with Crippen molar-refractivity contribution in [2.45, 2.75) is 18.7 Å². The van der Waals surface area contributed by atoms with Crippen LogP contribution in [0, 0.1) is 13.8 Å². The highest BCUT2D eigenvalue weighted by atomic mass is 32.2. The van der Waals surface area contributed by atoms with Crippen LogP contribution in [0.1, 0.15) is 11.1 Å². The van der Waals surface area contributed by atoms with Gasteiger partial charge < -0.3 is 15.4 Å². The number of thiocarbonyl (C=S) groups is 1. The highest BCUT2D eigenvalue weighted by Gasteiger charge is 2.14. The van der Waals surface area contributed by atoms with Crippen molar-refractivity contribution in [2.24, 2.45) is 0 Å². The van der Waals surface area contributed by atoms with Crippen LogP contribution in [0.15, 0.2) is 71.6 Å². The minimum atomic E-state index is -3.70. The van der Waals surface area contributed by atoms with Gasteiger partial charge in [-0.05, 0) is 91.8 Å². The number of hydrogen-bond acceptors (Lipinski definition) is 4. The molecule has 0 bridgehead atoms. The van der Waals surface area contributed by atoms with Crippen molar-refractivity contribution < 1.29 is 13.2 Å². The predicted molar refractivity (Wildman–Crippen MR) is 126 cm³/mol. The maximum atomic E-state index is 12.6. The van der Waals surface area contributed by atoms with E-state index in [9.17, 15) is 8.42 Å². The molecule has 0 spiro atoms. The molecule has 6 nitrogen and oxygen atoms in total. The zero-order valence-electron chi connectivity index (χ0n) is 16.9. The Morgan fingerprint density at radius 1 is 0.867 bits per heavy atom. The number of methoxy groups -OCH3 is 1. The standard InChI is InChI=1S/C22H23N3O3S2/c1-15-4-5-16(2)21(14-15)24-22(29)23-17-8-12-20(13-9-17)30(26,27)25-18-6-10-19(28-3)11-7-18/h4-14,25H,1-3H3,(H2,23,24,29). The lowest BCUT2D eigenvalue weighted by Gasteiger charge is -2.14. The molecule has 3 aromatic rings. The third kappa shape index (κ3) is 5.49. The molecule has 3 aromatic carbocycles. The molecular weight excluding hydrogens is 418 g/mol. The average Bonchev–Trinajstić information content (AvgIpc) is 2.71. The summed E-state index contributed by atoms with van der Waals surface area (Å²) in [6.07, 6.45) is 0. The van der Waals surface area contributed by atoms with Crippen LogP contribution in [0.3, 0.4) is 0 Å². The normalized spacial score (nSPS) is 10.9. The van der Waals surface area contributed by atoms with Crippen molar-refractivity contribution >= 4 is 44.4 Å². The minimum absolute atomic E-state index is 0.150. The number of rotatable bonds is 6. The summed E-state index contributed by atoms with van der Waals surface area (Å²) in [4.78, 5) is 0.150. The number of sulfonamides is 1. The van der Waals surface area contributed by atoms with Gasteiger partial charge in [-0.25, -0.2) is 8.42 Å². The van der Waals surface area contributed by atoms with E-state index in [1.54, 1.807) is 43.5 Å². The van der Waals surface area contributed by atoms with E-state index < -0.39 is 10.0 Å². The Bertz CT molecular complexity index is 1140. The van der Waals surface area contributed by atoms with Gasteiger partial charge in [0.05, 0.1) is 12.0 Å². The Balaban J connectivity index is 1.66. The van der Waals surface area contributed by atoms with Crippen LogP contribution < -0.4 is 20.1 Å². The Kier molecular flexibility index (Phi) is 6.59. The number of aryl methyl sites for hydroxylation is 2. The van der Waals surface area contributed by atoms with E-state index >= 15 is 0 Å². The molecule has 0 aliphatic carbocycles. The van der Waals surface area contributed by atoms with Crippen LogP contribution in [-0.4, -0.2) is 20.6 Å². The number of hydrogen-bond donors (Lipinski definition) is 3. The van der Waals surface area contributed by atoms with E-state index in [1.165, 1.54) is 12.1 Å². The van der Waals surface area contributed by atoms with Crippen molar-refractivity contribution in [3.63, 3.8) is 0 Å². The van der Waals surface area contributed by atoms with E-state index in [0.717, 1.165) is 16.8 Å². The number of anilines is 3. The summed E-state index contributed by atoms with van der Waals surface area (Å²) in [5.74, 6) is 0.652. The third-order valence-corrected chi connectivity index (χ3v) is 6.01. The monoisotopic (exact) mass is 441 g/mol. The lowest BCUT2D eigenvalue weighted by Crippen LogP contribution is -2.20. The van der Waals surface area contributed by atoms with Crippen molar-refractivity contribution in [2.75, 3.05) is 22.5 Å². The molecule has 0 aromatic heterocycles. The largest absolute Gasteiger partial charge is 0.497 e. The second kappa shape index (κ2) is 9.15. The summed E-state index contributed by atoms with van der Waals surface area (Å²) in [6, 6.07) is 19.1. The van der Waals surface area contributed by atoms with E-state index in [4.69, 9.17) is 17.0 Å². The van der Waals surface area contributed by atoms with E-state index in [2.05, 4.69) is 15.4 Å². The molecule has 3 rings (SSSR count). The van der Waals surface area contributed by atoms with Gasteiger partial charge in [0, 0.05) is 17.1 Å². The molecule has 3 N–H and O–H groups in total. The van der Waals surface area contributed by atoms with Crippen molar-refractivity contribution in [1.29, 1.82) is 0 Å². The van der Waals surface area contributed by atoms with Gasteiger partial charge in [-0.3, -0.25) is 4.72 Å². The Morgan fingerprint density at radius 2 is 1.50 bits per heavy atom. The summed E-state index contributed by atoms with van der Waals surface area (Å²) >= 11 is 5.37. The van der Waals surface area contributed by atoms with Gasteiger partial charge in [0.15, 0.2) is 5.11 Å². The highest BCUT2D eigenvalue weighted by Crippen LogP contribution is 2.21. The summed E-state index contributed by atoms with van der Waals surface area (Å²) in [6.45, 7) is 4.01. The first kappa shape index (κ1) is 21.6. The van der Waals surface area contributed by atoms with Crippen LogP contribution >= 0.6 is 12.2 Å². The van der Waals surface area contributed by atoms with Gasteiger partial charge in [-0.2, -0.15) is 0 Å². The molecule has 156 valence electrons. The van der Waals surface area contributed by atoms with Crippen molar-refractivity contribution in [3.05, 3.63) is 77.9 Å². The Hall–Kier alpha value is -3.10. The first-order valence-corrected chi connectivity index (χ1v) is 11.1. The van der Waals surface area contributed by atoms with Crippen LogP contribution in [0.4, 0.5) is 17.1 Å². The molecule has 0 aliphatic heterocycles. The molecule has 0 saturated carbocycles. The molecule has 0 saturated heterocycles. The zero-order chi connectivity index (χ0) is 21.7. The van der Waals surface area contributed by atoms with E-state index in [0.29, 0.717) is 22.2 Å². The van der Waals surface area contributed by atoms with E-state index in [-0.39, 0.29) is 4.90 Å². The maximum absolute atomic E-state index is 12.6. The molecular formula is C22H23N3O3S2. The summed E-state index contributed by atoms with van der Waals surface area (Å²) in [5, 5.41) is 6.66.